The summed E-state index contributed by atoms with van der Waals surface area (Å²) in [5, 5.41) is 0. The molecule has 2 amide bonds. The number of nitrogens with zero attached hydrogens (tertiary/aromatic N) is 2. The Labute approximate surface area is 123 Å². The first-order valence-corrected chi connectivity index (χ1v) is 6.91. The molecule has 21 heavy (non-hydrogen) atoms. The fourth-order valence-electron chi connectivity index (χ4n) is 2.39. The summed E-state index contributed by atoms with van der Waals surface area (Å²) in [6.45, 7) is 3.66. The van der Waals surface area contributed by atoms with Crippen molar-refractivity contribution in [3.8, 4) is 0 Å². The summed E-state index contributed by atoms with van der Waals surface area (Å²) >= 11 is 0. The quantitative estimate of drug-likeness (QED) is 0.796. The summed E-state index contributed by atoms with van der Waals surface area (Å²) in [7, 11) is 1.34. The molecule has 1 aliphatic heterocycles. The lowest BCUT2D eigenvalue weighted by Crippen LogP contribution is -2.37. The Kier molecular flexibility index (Phi) is 4.77. The molecule has 0 atom stereocenters. The molecule has 1 fully saturated rings. The lowest BCUT2D eigenvalue weighted by atomic mass is 10.1. The second-order valence-corrected chi connectivity index (χ2v) is 5.07. The number of amides is 2. The molecule has 0 saturated carbocycles. The molecule has 1 aromatic carbocycles. The third kappa shape index (κ3) is 3.51. The van der Waals surface area contributed by atoms with Crippen molar-refractivity contribution in [3.05, 3.63) is 35.1 Å². The van der Waals surface area contributed by atoms with Gasteiger partial charge in [0.15, 0.2) is 0 Å². The molecule has 0 unspecified atom stereocenters. The number of hydrogen-bond acceptors (Lipinski definition) is 3. The zero-order valence-electron chi connectivity index (χ0n) is 12.3. The first-order valence-electron chi connectivity index (χ1n) is 6.91. The van der Waals surface area contributed by atoms with E-state index in [1.165, 1.54) is 19.2 Å². The first kappa shape index (κ1) is 15.3. The smallest absolute Gasteiger partial charge is 0.409 e. The average molecular weight is 294 g/mol. The fraction of sp³-hybridized carbons (Fsp3) is 0.467. The Bertz CT molecular complexity index is 548. The predicted molar refractivity (Wildman–Crippen MR) is 75.6 cm³/mol. The van der Waals surface area contributed by atoms with Gasteiger partial charge < -0.3 is 14.5 Å². The molecule has 1 saturated heterocycles. The Morgan fingerprint density at radius 2 is 1.81 bits per heavy atom. The Balaban J connectivity index is 2.06. The molecule has 5 nitrogen and oxygen atoms in total. The fourth-order valence-corrected chi connectivity index (χ4v) is 2.39. The zero-order valence-corrected chi connectivity index (χ0v) is 12.3. The lowest BCUT2D eigenvalue weighted by molar-refractivity contribution is 0.0757. The van der Waals surface area contributed by atoms with Crippen molar-refractivity contribution in [1.29, 1.82) is 0 Å². The molecule has 0 aliphatic carbocycles. The van der Waals surface area contributed by atoms with Crippen LogP contribution in [0.4, 0.5) is 9.18 Å². The van der Waals surface area contributed by atoms with Gasteiger partial charge in [0, 0.05) is 31.7 Å². The third-order valence-electron chi connectivity index (χ3n) is 3.62. The highest BCUT2D eigenvalue weighted by Crippen LogP contribution is 2.13. The van der Waals surface area contributed by atoms with E-state index < -0.39 is 0 Å². The van der Waals surface area contributed by atoms with Gasteiger partial charge in [-0.15, -0.1) is 0 Å². The van der Waals surface area contributed by atoms with Crippen LogP contribution in [-0.4, -0.2) is 55.1 Å². The van der Waals surface area contributed by atoms with Gasteiger partial charge in [0.2, 0.25) is 0 Å². The van der Waals surface area contributed by atoms with E-state index in [9.17, 15) is 14.0 Å². The minimum atomic E-state index is -0.373. The SMILES string of the molecule is COC(=O)N1CCCN(C(=O)c2ccc(F)c(C)c2)CC1. The zero-order chi connectivity index (χ0) is 15.4. The minimum absolute atomic E-state index is 0.134. The summed E-state index contributed by atoms with van der Waals surface area (Å²) in [5.74, 6) is -0.455. The maximum atomic E-state index is 13.3. The normalized spacial score (nSPS) is 15.6. The number of methoxy groups -OCH3 is 1. The maximum absolute atomic E-state index is 13.3. The Hall–Kier alpha value is -2.11. The standard InChI is InChI=1S/C15H19FN2O3/c1-11-10-12(4-5-13(11)16)14(19)17-6-3-7-18(9-8-17)15(20)21-2/h4-5,10H,3,6-9H2,1-2H3. The number of carbonyl (C=O) groups is 2. The van der Waals surface area contributed by atoms with E-state index in [0.29, 0.717) is 43.7 Å². The van der Waals surface area contributed by atoms with Crippen molar-refractivity contribution >= 4 is 12.0 Å². The van der Waals surface area contributed by atoms with Gasteiger partial charge in [-0.1, -0.05) is 0 Å². The highest BCUT2D eigenvalue weighted by atomic mass is 19.1. The van der Waals surface area contributed by atoms with E-state index in [1.54, 1.807) is 22.8 Å². The van der Waals surface area contributed by atoms with Gasteiger partial charge in [0.1, 0.15) is 5.82 Å². The van der Waals surface area contributed by atoms with Crippen LogP contribution in [0.3, 0.4) is 0 Å². The molecule has 114 valence electrons. The molecule has 1 heterocycles. The Morgan fingerprint density at radius 3 is 2.48 bits per heavy atom. The van der Waals surface area contributed by atoms with E-state index in [-0.39, 0.29) is 17.8 Å². The predicted octanol–water partition coefficient (Wildman–Crippen LogP) is 2.05. The highest BCUT2D eigenvalue weighted by molar-refractivity contribution is 5.94. The van der Waals surface area contributed by atoms with Crippen LogP contribution in [-0.2, 0) is 4.74 Å². The van der Waals surface area contributed by atoms with Gasteiger partial charge in [-0.25, -0.2) is 9.18 Å². The second-order valence-electron chi connectivity index (χ2n) is 5.07. The molecule has 1 aromatic rings. The van der Waals surface area contributed by atoms with Crippen LogP contribution in [0.25, 0.3) is 0 Å². The van der Waals surface area contributed by atoms with Crippen LogP contribution in [0.2, 0.25) is 0 Å². The van der Waals surface area contributed by atoms with Gasteiger partial charge in [0.05, 0.1) is 7.11 Å². The van der Waals surface area contributed by atoms with Crippen molar-refractivity contribution in [3.63, 3.8) is 0 Å². The van der Waals surface area contributed by atoms with Crippen molar-refractivity contribution in [2.24, 2.45) is 0 Å². The van der Waals surface area contributed by atoms with Crippen molar-refractivity contribution < 1.29 is 18.7 Å². The van der Waals surface area contributed by atoms with E-state index in [1.807, 2.05) is 0 Å². The number of benzene rings is 1. The largest absolute Gasteiger partial charge is 0.453 e. The topological polar surface area (TPSA) is 49.9 Å². The van der Waals surface area contributed by atoms with E-state index in [0.717, 1.165) is 0 Å². The second kappa shape index (κ2) is 6.56. The summed E-state index contributed by atoms with van der Waals surface area (Å²) < 4.78 is 18.0. The number of halogens is 1. The summed E-state index contributed by atoms with van der Waals surface area (Å²) in [4.78, 5) is 27.2. The van der Waals surface area contributed by atoms with Crippen LogP contribution >= 0.6 is 0 Å². The molecule has 0 N–H and O–H groups in total. The lowest BCUT2D eigenvalue weighted by Gasteiger charge is -2.21. The highest BCUT2D eigenvalue weighted by Gasteiger charge is 2.23. The van der Waals surface area contributed by atoms with Gasteiger partial charge in [-0.3, -0.25) is 4.79 Å². The van der Waals surface area contributed by atoms with Gasteiger partial charge in [-0.2, -0.15) is 0 Å². The molecule has 0 aromatic heterocycles. The first-order chi connectivity index (χ1) is 10.0. The van der Waals surface area contributed by atoms with Crippen LogP contribution in [0.5, 0.6) is 0 Å². The van der Waals surface area contributed by atoms with Gasteiger partial charge in [0.25, 0.3) is 5.91 Å². The van der Waals surface area contributed by atoms with Crippen molar-refractivity contribution in [1.82, 2.24) is 9.80 Å². The monoisotopic (exact) mass is 294 g/mol. The van der Waals surface area contributed by atoms with E-state index in [2.05, 4.69) is 0 Å². The van der Waals surface area contributed by atoms with Crippen LogP contribution < -0.4 is 0 Å². The van der Waals surface area contributed by atoms with Crippen molar-refractivity contribution in [2.45, 2.75) is 13.3 Å². The van der Waals surface area contributed by atoms with E-state index >= 15 is 0 Å². The third-order valence-corrected chi connectivity index (χ3v) is 3.62. The number of aryl methyl sites for hydroxylation is 1. The van der Waals surface area contributed by atoms with Crippen LogP contribution in [0, 0.1) is 12.7 Å². The molecule has 1 aliphatic rings. The van der Waals surface area contributed by atoms with Gasteiger partial charge in [-0.05, 0) is 37.1 Å². The van der Waals surface area contributed by atoms with Crippen molar-refractivity contribution in [2.75, 3.05) is 33.3 Å². The molecular formula is C15H19FN2O3. The van der Waals surface area contributed by atoms with Gasteiger partial charge >= 0.3 is 6.09 Å². The van der Waals surface area contributed by atoms with Crippen LogP contribution in [0.1, 0.15) is 22.3 Å². The summed E-state index contributed by atoms with van der Waals surface area (Å²) in [5.41, 5.74) is 0.923. The summed E-state index contributed by atoms with van der Waals surface area (Å²) in [6, 6.07) is 4.36. The number of hydrogen-bond donors (Lipinski definition) is 0. The molecule has 6 heteroatoms. The molecule has 0 spiro atoms. The van der Waals surface area contributed by atoms with Crippen LogP contribution in [0.15, 0.2) is 18.2 Å². The minimum Gasteiger partial charge on any atom is -0.453 e. The molecule has 0 bridgehead atoms. The van der Waals surface area contributed by atoms with E-state index in [4.69, 9.17) is 4.74 Å². The molecule has 2 rings (SSSR count). The summed E-state index contributed by atoms with van der Waals surface area (Å²) in [6.07, 6.45) is 0.322. The Morgan fingerprint density at radius 1 is 1.14 bits per heavy atom. The molecular weight excluding hydrogens is 275 g/mol. The number of ether oxygens (including phenoxy) is 1. The maximum Gasteiger partial charge on any atom is 0.409 e. The number of rotatable bonds is 1. The number of carbonyl (C=O) groups excluding carboxylic acids is 2. The average Bonchev–Trinajstić information content (AvgIpc) is 2.74. The molecule has 0 radical (unpaired) electrons.